The molecule has 1 saturated heterocycles. The molecule has 4 heterocycles. The van der Waals surface area contributed by atoms with Crippen LogP contribution in [0.15, 0.2) is 16.9 Å². The number of rotatable bonds is 0. The van der Waals surface area contributed by atoms with Gasteiger partial charge in [0, 0.05) is 6.07 Å². The smallest absolute Gasteiger partial charge is 0.254 e. The second-order valence-corrected chi connectivity index (χ2v) is 4.57. The maximum absolute atomic E-state index is 12.0. The molecule has 8 heteroatoms. The number of ether oxygens (including phenoxy) is 1. The van der Waals surface area contributed by atoms with Crippen molar-refractivity contribution in [2.24, 2.45) is 0 Å². The fraction of sp³-hybridized carbons (Fsp3) is 0.500. The first-order chi connectivity index (χ1) is 8.66. The van der Waals surface area contributed by atoms with Gasteiger partial charge in [-0.2, -0.15) is 0 Å². The van der Waals surface area contributed by atoms with E-state index in [9.17, 15) is 15.0 Å². The minimum absolute atomic E-state index is 0.259. The zero-order chi connectivity index (χ0) is 12.4. The average molecular weight is 250 g/mol. The number of nitrogens with zero attached hydrogens (tertiary/aromatic N) is 4. The summed E-state index contributed by atoms with van der Waals surface area (Å²) in [6, 6.07) is 2.93. The normalized spacial score (nSPS) is 33.9. The van der Waals surface area contributed by atoms with Gasteiger partial charge in [0.2, 0.25) is 0 Å². The van der Waals surface area contributed by atoms with Gasteiger partial charge >= 0.3 is 0 Å². The predicted octanol–water partition coefficient (Wildman–Crippen LogP) is -1.77. The fourth-order valence-corrected chi connectivity index (χ4v) is 2.64. The van der Waals surface area contributed by atoms with Gasteiger partial charge in [-0.3, -0.25) is 9.36 Å². The average Bonchev–Trinajstić information content (AvgIpc) is 2.80. The van der Waals surface area contributed by atoms with E-state index in [1.165, 1.54) is 15.3 Å². The zero-order valence-electron chi connectivity index (χ0n) is 9.17. The molecule has 2 aliphatic heterocycles. The Kier molecular flexibility index (Phi) is 1.79. The van der Waals surface area contributed by atoms with Crippen molar-refractivity contribution in [3.8, 4) is 0 Å². The number of aliphatic hydroxyl groups excluding tert-OH is 2. The summed E-state index contributed by atoms with van der Waals surface area (Å²) in [5.74, 6) is 0. The van der Waals surface area contributed by atoms with Crippen molar-refractivity contribution in [1.82, 2.24) is 19.6 Å². The summed E-state index contributed by atoms with van der Waals surface area (Å²) >= 11 is 0. The van der Waals surface area contributed by atoms with Crippen LogP contribution < -0.4 is 5.56 Å². The molecular formula is C10H10N4O4. The van der Waals surface area contributed by atoms with E-state index in [0.29, 0.717) is 11.2 Å². The molecule has 0 amide bonds. The summed E-state index contributed by atoms with van der Waals surface area (Å²) in [5, 5.41) is 27.7. The molecule has 0 aliphatic carbocycles. The second-order valence-electron chi connectivity index (χ2n) is 4.57. The van der Waals surface area contributed by atoms with Gasteiger partial charge in [0.15, 0.2) is 11.9 Å². The molecule has 0 radical (unpaired) electrons. The lowest BCUT2D eigenvalue weighted by atomic mass is 10.1. The van der Waals surface area contributed by atoms with Crippen LogP contribution in [0, 0.1) is 0 Å². The lowest BCUT2D eigenvalue weighted by Crippen LogP contribution is -2.38. The fourth-order valence-electron chi connectivity index (χ4n) is 2.64. The van der Waals surface area contributed by atoms with Crippen LogP contribution in [0.25, 0.3) is 11.2 Å². The Labute approximate surface area is 100 Å². The molecule has 1 fully saturated rings. The lowest BCUT2D eigenvalue weighted by molar-refractivity contribution is -0.0351. The van der Waals surface area contributed by atoms with Gasteiger partial charge in [-0.25, -0.2) is 4.68 Å². The van der Waals surface area contributed by atoms with E-state index in [1.807, 2.05) is 0 Å². The lowest BCUT2D eigenvalue weighted by Gasteiger charge is -2.19. The number of aromatic nitrogens is 4. The molecular weight excluding hydrogens is 240 g/mol. The minimum Gasteiger partial charge on any atom is -0.387 e. The molecule has 0 aromatic carbocycles. The van der Waals surface area contributed by atoms with Crippen molar-refractivity contribution in [2.75, 3.05) is 0 Å². The van der Waals surface area contributed by atoms with Gasteiger partial charge in [-0.1, -0.05) is 5.21 Å². The Bertz CT molecular complexity index is 693. The predicted molar refractivity (Wildman–Crippen MR) is 57.7 cm³/mol. The summed E-state index contributed by atoms with van der Waals surface area (Å²) in [6.45, 7) is 0.259. The van der Waals surface area contributed by atoms with Crippen molar-refractivity contribution >= 4 is 11.2 Å². The zero-order valence-corrected chi connectivity index (χ0v) is 9.17. The van der Waals surface area contributed by atoms with E-state index in [0.717, 1.165) is 0 Å². The molecule has 4 atom stereocenters. The summed E-state index contributed by atoms with van der Waals surface area (Å²) in [7, 11) is 0. The van der Waals surface area contributed by atoms with Crippen molar-refractivity contribution in [3.63, 3.8) is 0 Å². The van der Waals surface area contributed by atoms with Crippen LogP contribution in [0.5, 0.6) is 0 Å². The molecule has 4 rings (SSSR count). The van der Waals surface area contributed by atoms with Crippen molar-refractivity contribution in [1.29, 1.82) is 0 Å². The van der Waals surface area contributed by atoms with Crippen LogP contribution in [0.1, 0.15) is 6.23 Å². The van der Waals surface area contributed by atoms with Gasteiger partial charge in [-0.15, -0.1) is 5.10 Å². The van der Waals surface area contributed by atoms with Crippen molar-refractivity contribution in [2.45, 2.75) is 31.1 Å². The van der Waals surface area contributed by atoms with Gasteiger partial charge in [0.1, 0.15) is 23.8 Å². The third kappa shape index (κ3) is 1.07. The molecule has 2 aromatic heterocycles. The van der Waals surface area contributed by atoms with Crippen LogP contribution >= 0.6 is 0 Å². The molecule has 94 valence electrons. The summed E-state index contributed by atoms with van der Waals surface area (Å²) in [6.07, 6.45) is -3.63. The SMILES string of the molecule is O=c1ccc2nnn3c2n1C1O[C@@H](C3)[C@H](O)C1O. The van der Waals surface area contributed by atoms with E-state index in [2.05, 4.69) is 10.3 Å². The molecule has 2 unspecified atom stereocenters. The third-order valence-electron chi connectivity index (χ3n) is 3.53. The summed E-state index contributed by atoms with van der Waals surface area (Å²) in [4.78, 5) is 12.0. The molecule has 0 saturated carbocycles. The first-order valence-electron chi connectivity index (χ1n) is 5.63. The molecule has 0 spiro atoms. The number of hydrogen-bond acceptors (Lipinski definition) is 6. The first kappa shape index (κ1) is 10.2. The Morgan fingerprint density at radius 1 is 1.33 bits per heavy atom. The van der Waals surface area contributed by atoms with Crippen LogP contribution in [0.4, 0.5) is 0 Å². The molecule has 2 aromatic rings. The van der Waals surface area contributed by atoms with Crippen molar-refractivity contribution in [3.05, 3.63) is 22.5 Å². The van der Waals surface area contributed by atoms with Crippen LogP contribution in [-0.2, 0) is 11.3 Å². The van der Waals surface area contributed by atoms with Gasteiger partial charge in [-0.05, 0) is 6.07 Å². The molecule has 2 N–H and O–H groups in total. The Hall–Kier alpha value is -1.77. The minimum atomic E-state index is -1.12. The van der Waals surface area contributed by atoms with Crippen molar-refractivity contribution < 1.29 is 14.9 Å². The Morgan fingerprint density at radius 3 is 3.00 bits per heavy atom. The first-order valence-corrected chi connectivity index (χ1v) is 5.63. The number of fused-ring (bicyclic) bond motifs is 3. The third-order valence-corrected chi connectivity index (χ3v) is 3.53. The van der Waals surface area contributed by atoms with E-state index >= 15 is 0 Å². The largest absolute Gasteiger partial charge is 0.387 e. The number of pyridine rings is 1. The van der Waals surface area contributed by atoms with Gasteiger partial charge in [0.25, 0.3) is 5.56 Å². The van der Waals surface area contributed by atoms with Crippen LogP contribution in [-0.4, -0.2) is 48.1 Å². The second kappa shape index (κ2) is 3.16. The number of hydrogen-bond donors (Lipinski definition) is 2. The maximum atomic E-state index is 12.0. The molecule has 8 nitrogen and oxygen atoms in total. The highest BCUT2D eigenvalue weighted by Crippen LogP contribution is 2.33. The molecule has 18 heavy (non-hydrogen) atoms. The van der Waals surface area contributed by atoms with E-state index in [1.54, 1.807) is 6.07 Å². The van der Waals surface area contributed by atoms with Crippen LogP contribution in [0.3, 0.4) is 0 Å². The monoisotopic (exact) mass is 250 g/mol. The topological polar surface area (TPSA) is 102 Å². The van der Waals surface area contributed by atoms with Crippen LogP contribution in [0.2, 0.25) is 0 Å². The molecule has 2 bridgehead atoms. The highest BCUT2D eigenvalue weighted by atomic mass is 16.6. The quantitative estimate of drug-likeness (QED) is 0.573. The summed E-state index contributed by atoms with van der Waals surface area (Å²) in [5.41, 5.74) is 0.762. The van der Waals surface area contributed by atoms with Gasteiger partial charge < -0.3 is 14.9 Å². The number of aliphatic hydroxyl groups is 2. The van der Waals surface area contributed by atoms with E-state index in [4.69, 9.17) is 4.74 Å². The van der Waals surface area contributed by atoms with E-state index < -0.39 is 24.5 Å². The maximum Gasteiger partial charge on any atom is 0.254 e. The molecule has 2 aliphatic rings. The Morgan fingerprint density at radius 2 is 2.17 bits per heavy atom. The Balaban J connectivity index is 2.10. The van der Waals surface area contributed by atoms with E-state index in [-0.39, 0.29) is 12.1 Å². The summed E-state index contributed by atoms with van der Waals surface area (Å²) < 4.78 is 8.36. The van der Waals surface area contributed by atoms with Gasteiger partial charge in [0.05, 0.1) is 6.54 Å². The standard InChI is InChI=1S/C10H10N4O4/c15-6-2-1-4-9-13(12-11-4)3-5-7(16)8(17)10(18-5)14(6)9/h1-2,5,7-8,10,16-17H,3H2/t5-,7-,8?,10?/m0/s1. The highest BCUT2D eigenvalue weighted by Gasteiger charge is 2.47. The highest BCUT2D eigenvalue weighted by molar-refractivity contribution is 5.70.